The molecule has 19 heavy (non-hydrogen) atoms. The van der Waals surface area contributed by atoms with Gasteiger partial charge in [-0.05, 0) is 31.0 Å². The maximum atomic E-state index is 11.7. The Morgan fingerprint density at radius 3 is 2.63 bits per heavy atom. The molecular formula is C13H17BrN2O3. The van der Waals surface area contributed by atoms with Crippen LogP contribution in [0.2, 0.25) is 0 Å². The average Bonchev–Trinajstić information content (AvgIpc) is 2.33. The van der Waals surface area contributed by atoms with Crippen LogP contribution in [-0.2, 0) is 4.79 Å². The molecule has 0 aliphatic carbocycles. The summed E-state index contributed by atoms with van der Waals surface area (Å²) in [7, 11) is 0. The van der Waals surface area contributed by atoms with Gasteiger partial charge in [-0.2, -0.15) is 0 Å². The standard InChI is InChI=1S/C13H17BrN2O3/c1-3-4-11(12(17)18)16-13(19)15-9-6-5-8(2)10(14)7-9/h5-7,11H,3-4H2,1-2H3,(H,17,18)(H2,15,16,19)/t11-/m0/s1. The largest absolute Gasteiger partial charge is 0.480 e. The number of carboxylic acid groups (broad SMARTS) is 1. The summed E-state index contributed by atoms with van der Waals surface area (Å²) in [6.45, 7) is 3.81. The fourth-order valence-electron chi connectivity index (χ4n) is 1.54. The maximum absolute atomic E-state index is 11.7. The number of carbonyl (C=O) groups excluding carboxylic acids is 1. The summed E-state index contributed by atoms with van der Waals surface area (Å²) in [6, 6.07) is 4.01. The van der Waals surface area contributed by atoms with Gasteiger partial charge in [0.2, 0.25) is 0 Å². The third-order valence-corrected chi connectivity index (χ3v) is 3.46. The molecule has 0 aromatic heterocycles. The van der Waals surface area contributed by atoms with Crippen molar-refractivity contribution in [1.29, 1.82) is 0 Å². The summed E-state index contributed by atoms with van der Waals surface area (Å²) in [4.78, 5) is 22.6. The smallest absolute Gasteiger partial charge is 0.326 e. The van der Waals surface area contributed by atoms with Crippen LogP contribution in [0.15, 0.2) is 22.7 Å². The Labute approximate surface area is 120 Å². The molecule has 2 amide bonds. The molecule has 104 valence electrons. The van der Waals surface area contributed by atoms with Crippen molar-refractivity contribution >= 4 is 33.6 Å². The highest BCUT2D eigenvalue weighted by Gasteiger charge is 2.18. The highest BCUT2D eigenvalue weighted by atomic mass is 79.9. The van der Waals surface area contributed by atoms with Crippen molar-refractivity contribution in [2.75, 3.05) is 5.32 Å². The van der Waals surface area contributed by atoms with Crippen LogP contribution in [0.4, 0.5) is 10.5 Å². The second kappa shape index (κ2) is 7.13. The zero-order chi connectivity index (χ0) is 14.4. The van der Waals surface area contributed by atoms with E-state index in [1.165, 1.54) is 0 Å². The molecule has 0 saturated heterocycles. The van der Waals surface area contributed by atoms with Crippen LogP contribution in [0.1, 0.15) is 25.3 Å². The van der Waals surface area contributed by atoms with Crippen molar-refractivity contribution in [2.45, 2.75) is 32.7 Å². The van der Waals surface area contributed by atoms with Crippen LogP contribution >= 0.6 is 15.9 Å². The minimum atomic E-state index is -1.03. The lowest BCUT2D eigenvalue weighted by Gasteiger charge is -2.14. The number of hydrogen-bond donors (Lipinski definition) is 3. The number of carboxylic acids is 1. The summed E-state index contributed by atoms with van der Waals surface area (Å²) in [5.74, 6) is -1.03. The van der Waals surface area contributed by atoms with E-state index in [1.807, 2.05) is 19.9 Å². The van der Waals surface area contributed by atoms with Gasteiger partial charge in [0.1, 0.15) is 6.04 Å². The molecule has 0 spiro atoms. The van der Waals surface area contributed by atoms with E-state index in [0.29, 0.717) is 18.5 Å². The topological polar surface area (TPSA) is 78.4 Å². The van der Waals surface area contributed by atoms with E-state index in [1.54, 1.807) is 12.1 Å². The first kappa shape index (κ1) is 15.5. The van der Waals surface area contributed by atoms with Crippen molar-refractivity contribution in [3.05, 3.63) is 28.2 Å². The fraction of sp³-hybridized carbons (Fsp3) is 0.385. The first-order valence-electron chi connectivity index (χ1n) is 6.00. The summed E-state index contributed by atoms with van der Waals surface area (Å²) >= 11 is 3.37. The van der Waals surface area contributed by atoms with Crippen molar-refractivity contribution < 1.29 is 14.7 Å². The molecule has 0 aliphatic rings. The van der Waals surface area contributed by atoms with E-state index in [-0.39, 0.29) is 0 Å². The number of rotatable bonds is 5. The Balaban J connectivity index is 2.63. The van der Waals surface area contributed by atoms with Gasteiger partial charge in [-0.25, -0.2) is 9.59 Å². The first-order valence-corrected chi connectivity index (χ1v) is 6.79. The molecule has 0 fully saturated rings. The van der Waals surface area contributed by atoms with E-state index in [0.717, 1.165) is 10.0 Å². The zero-order valence-corrected chi connectivity index (χ0v) is 12.5. The zero-order valence-electron chi connectivity index (χ0n) is 10.9. The summed E-state index contributed by atoms with van der Waals surface area (Å²) in [5, 5.41) is 14.0. The molecular weight excluding hydrogens is 312 g/mol. The molecule has 0 heterocycles. The van der Waals surface area contributed by atoms with Crippen LogP contribution in [0.3, 0.4) is 0 Å². The van der Waals surface area contributed by atoms with Crippen LogP contribution in [0.25, 0.3) is 0 Å². The maximum Gasteiger partial charge on any atom is 0.326 e. The molecule has 3 N–H and O–H groups in total. The van der Waals surface area contributed by atoms with E-state index in [4.69, 9.17) is 5.11 Å². The van der Waals surface area contributed by atoms with Gasteiger partial charge in [0, 0.05) is 10.2 Å². The van der Waals surface area contributed by atoms with Gasteiger partial charge >= 0.3 is 12.0 Å². The van der Waals surface area contributed by atoms with Crippen LogP contribution in [-0.4, -0.2) is 23.1 Å². The lowest BCUT2D eigenvalue weighted by Crippen LogP contribution is -2.42. The number of urea groups is 1. The van der Waals surface area contributed by atoms with Gasteiger partial charge < -0.3 is 15.7 Å². The molecule has 0 radical (unpaired) electrons. The molecule has 1 atom stereocenters. The molecule has 1 aromatic carbocycles. The molecule has 0 saturated carbocycles. The van der Waals surface area contributed by atoms with Gasteiger partial charge in [0.25, 0.3) is 0 Å². The van der Waals surface area contributed by atoms with E-state index in [9.17, 15) is 9.59 Å². The molecule has 0 bridgehead atoms. The second-order valence-corrected chi connectivity index (χ2v) is 5.10. The average molecular weight is 329 g/mol. The quantitative estimate of drug-likeness (QED) is 0.776. The minimum absolute atomic E-state index is 0.403. The number of halogens is 1. The highest BCUT2D eigenvalue weighted by molar-refractivity contribution is 9.10. The Morgan fingerprint density at radius 1 is 1.42 bits per heavy atom. The van der Waals surface area contributed by atoms with Gasteiger partial charge in [0.05, 0.1) is 0 Å². The van der Waals surface area contributed by atoms with E-state index >= 15 is 0 Å². The molecule has 1 aromatic rings. The van der Waals surface area contributed by atoms with Crippen LogP contribution in [0.5, 0.6) is 0 Å². The van der Waals surface area contributed by atoms with Crippen molar-refractivity contribution in [3.8, 4) is 0 Å². The number of aliphatic carboxylic acids is 1. The molecule has 1 rings (SSSR count). The molecule has 0 unspecified atom stereocenters. The monoisotopic (exact) mass is 328 g/mol. The van der Waals surface area contributed by atoms with Gasteiger partial charge in [-0.15, -0.1) is 0 Å². The van der Waals surface area contributed by atoms with Crippen LogP contribution < -0.4 is 10.6 Å². The number of anilines is 1. The minimum Gasteiger partial charge on any atom is -0.480 e. The van der Waals surface area contributed by atoms with Gasteiger partial charge in [-0.3, -0.25) is 0 Å². The summed E-state index contributed by atoms with van der Waals surface area (Å²) in [6.07, 6.45) is 1.09. The molecule has 0 aliphatic heterocycles. The summed E-state index contributed by atoms with van der Waals surface area (Å²) in [5.41, 5.74) is 1.66. The van der Waals surface area contributed by atoms with Crippen molar-refractivity contribution in [2.24, 2.45) is 0 Å². The lowest BCUT2D eigenvalue weighted by molar-refractivity contribution is -0.139. The number of amides is 2. The molecule has 5 nitrogen and oxygen atoms in total. The van der Waals surface area contributed by atoms with Crippen LogP contribution in [0, 0.1) is 6.92 Å². The predicted molar refractivity (Wildman–Crippen MR) is 77.4 cm³/mol. The summed E-state index contributed by atoms with van der Waals surface area (Å²) < 4.78 is 0.883. The number of nitrogens with one attached hydrogen (secondary N) is 2. The number of carbonyl (C=O) groups is 2. The Bertz CT molecular complexity index is 477. The lowest BCUT2D eigenvalue weighted by atomic mass is 10.2. The van der Waals surface area contributed by atoms with E-state index < -0.39 is 18.0 Å². The highest BCUT2D eigenvalue weighted by Crippen LogP contribution is 2.20. The van der Waals surface area contributed by atoms with Crippen molar-refractivity contribution in [3.63, 3.8) is 0 Å². The third kappa shape index (κ3) is 4.90. The van der Waals surface area contributed by atoms with E-state index in [2.05, 4.69) is 26.6 Å². The molecule has 6 heteroatoms. The van der Waals surface area contributed by atoms with Crippen molar-refractivity contribution in [1.82, 2.24) is 5.32 Å². The Kier molecular flexibility index (Phi) is 5.82. The number of benzene rings is 1. The second-order valence-electron chi connectivity index (χ2n) is 4.24. The number of hydrogen-bond acceptors (Lipinski definition) is 2. The Hall–Kier alpha value is -1.56. The normalized spacial score (nSPS) is 11.7. The SMILES string of the molecule is CCC[C@H](NC(=O)Nc1ccc(C)c(Br)c1)C(=O)O. The van der Waals surface area contributed by atoms with Gasteiger partial charge in [0.15, 0.2) is 0 Å². The Morgan fingerprint density at radius 2 is 2.11 bits per heavy atom. The fourth-order valence-corrected chi connectivity index (χ4v) is 1.92. The third-order valence-electron chi connectivity index (χ3n) is 2.61. The first-order chi connectivity index (χ1) is 8.93. The van der Waals surface area contributed by atoms with Gasteiger partial charge in [-0.1, -0.05) is 35.3 Å². The number of aryl methyl sites for hydroxylation is 1. The predicted octanol–water partition coefficient (Wildman–Crippen LogP) is 3.13.